The number of carbonyl (C=O) groups excluding carboxylic acids is 1. The first-order chi connectivity index (χ1) is 7.32. The van der Waals surface area contributed by atoms with Gasteiger partial charge in [-0.1, -0.05) is 13.8 Å². The maximum absolute atomic E-state index is 11.7. The normalized spacial score (nSPS) is 12.6. The van der Waals surface area contributed by atoms with Crippen LogP contribution in [0, 0.1) is 5.92 Å². The minimum absolute atomic E-state index is 0.0801. The van der Waals surface area contributed by atoms with E-state index in [1.54, 1.807) is 13.8 Å². The highest BCUT2D eigenvalue weighted by molar-refractivity contribution is 5.82. The molecule has 0 fully saturated rings. The van der Waals surface area contributed by atoms with Crippen LogP contribution in [0.15, 0.2) is 0 Å². The van der Waals surface area contributed by atoms with Gasteiger partial charge in [-0.15, -0.1) is 0 Å². The third-order valence-electron chi connectivity index (χ3n) is 1.73. The monoisotopic (exact) mass is 238 g/mol. The largest absolute Gasteiger partial charge is 0.480 e. The molecule has 2 amide bonds. The van der Waals surface area contributed by atoms with Gasteiger partial charge in [-0.05, 0) is 12.3 Å². The molecule has 0 aromatic carbocycles. The lowest BCUT2D eigenvalue weighted by Crippen LogP contribution is -2.47. The van der Waals surface area contributed by atoms with Crippen molar-refractivity contribution in [2.24, 2.45) is 5.92 Å². The Balaban J connectivity index is 4.08. The number of halogens is 2. The van der Waals surface area contributed by atoms with E-state index in [1.165, 1.54) is 0 Å². The number of urea groups is 1. The average molecular weight is 238 g/mol. The molecule has 0 rings (SSSR count). The van der Waals surface area contributed by atoms with Crippen LogP contribution >= 0.6 is 0 Å². The lowest BCUT2D eigenvalue weighted by atomic mass is 10.0. The molecule has 0 radical (unpaired) electrons. The molecule has 7 heteroatoms. The van der Waals surface area contributed by atoms with Gasteiger partial charge in [-0.25, -0.2) is 18.4 Å². The number of hydrogen-bond donors (Lipinski definition) is 3. The highest BCUT2D eigenvalue weighted by Gasteiger charge is 2.21. The Labute approximate surface area is 92.2 Å². The Hall–Kier alpha value is -1.40. The van der Waals surface area contributed by atoms with Gasteiger partial charge in [0.15, 0.2) is 0 Å². The fourth-order valence-corrected chi connectivity index (χ4v) is 1.07. The van der Waals surface area contributed by atoms with Crippen molar-refractivity contribution in [2.75, 3.05) is 6.54 Å². The van der Waals surface area contributed by atoms with Gasteiger partial charge in [-0.3, -0.25) is 0 Å². The molecule has 16 heavy (non-hydrogen) atoms. The molecule has 0 heterocycles. The van der Waals surface area contributed by atoms with Crippen molar-refractivity contribution in [1.29, 1.82) is 0 Å². The fourth-order valence-electron chi connectivity index (χ4n) is 1.07. The van der Waals surface area contributed by atoms with Crippen molar-refractivity contribution in [3.8, 4) is 0 Å². The summed E-state index contributed by atoms with van der Waals surface area (Å²) in [4.78, 5) is 21.7. The summed E-state index contributed by atoms with van der Waals surface area (Å²) in [6.07, 6.45) is -2.41. The maximum Gasteiger partial charge on any atom is 0.326 e. The molecular formula is C9H16F2N2O3. The lowest BCUT2D eigenvalue weighted by molar-refractivity contribution is -0.139. The van der Waals surface area contributed by atoms with Crippen LogP contribution in [-0.4, -0.2) is 36.1 Å². The first-order valence-corrected chi connectivity index (χ1v) is 4.88. The highest BCUT2D eigenvalue weighted by atomic mass is 19.3. The molecule has 0 aromatic heterocycles. The zero-order chi connectivity index (χ0) is 12.7. The van der Waals surface area contributed by atoms with Crippen LogP contribution in [0.2, 0.25) is 0 Å². The average Bonchev–Trinajstić information content (AvgIpc) is 2.12. The van der Waals surface area contributed by atoms with Gasteiger partial charge in [0.1, 0.15) is 6.04 Å². The van der Waals surface area contributed by atoms with Crippen molar-refractivity contribution in [3.63, 3.8) is 0 Å². The SMILES string of the molecule is CC(C)C[C@@H](NC(=O)NCC(F)F)C(=O)O. The zero-order valence-electron chi connectivity index (χ0n) is 9.17. The Kier molecular flexibility index (Phi) is 6.36. The molecule has 0 unspecified atom stereocenters. The number of alkyl halides is 2. The topological polar surface area (TPSA) is 78.4 Å². The van der Waals surface area contributed by atoms with E-state index in [-0.39, 0.29) is 12.3 Å². The van der Waals surface area contributed by atoms with E-state index in [0.717, 1.165) is 0 Å². The van der Waals surface area contributed by atoms with E-state index in [4.69, 9.17) is 5.11 Å². The van der Waals surface area contributed by atoms with Crippen LogP contribution in [0.5, 0.6) is 0 Å². The van der Waals surface area contributed by atoms with Gasteiger partial charge in [0.05, 0.1) is 6.54 Å². The van der Waals surface area contributed by atoms with Gasteiger partial charge in [0.25, 0.3) is 6.43 Å². The molecule has 0 saturated heterocycles. The van der Waals surface area contributed by atoms with Gasteiger partial charge >= 0.3 is 12.0 Å². The highest BCUT2D eigenvalue weighted by Crippen LogP contribution is 2.04. The summed E-state index contributed by atoms with van der Waals surface area (Å²) in [5.41, 5.74) is 0. The van der Waals surface area contributed by atoms with Crippen molar-refractivity contribution in [2.45, 2.75) is 32.7 Å². The summed E-state index contributed by atoms with van der Waals surface area (Å²) < 4.78 is 23.5. The fraction of sp³-hybridized carbons (Fsp3) is 0.778. The molecule has 0 spiro atoms. The van der Waals surface area contributed by atoms with E-state index < -0.39 is 31.0 Å². The number of aliphatic carboxylic acids is 1. The number of amides is 2. The molecule has 0 aliphatic heterocycles. The van der Waals surface area contributed by atoms with Crippen LogP contribution in [0.3, 0.4) is 0 Å². The molecule has 0 saturated carbocycles. The maximum atomic E-state index is 11.7. The third kappa shape index (κ3) is 6.97. The smallest absolute Gasteiger partial charge is 0.326 e. The predicted octanol–water partition coefficient (Wildman–Crippen LogP) is 1.05. The summed E-state index contributed by atoms with van der Waals surface area (Å²) in [6, 6.07) is -1.95. The minimum Gasteiger partial charge on any atom is -0.480 e. The second kappa shape index (κ2) is 6.97. The van der Waals surface area contributed by atoms with Crippen molar-refractivity contribution >= 4 is 12.0 Å². The number of hydrogen-bond acceptors (Lipinski definition) is 2. The van der Waals surface area contributed by atoms with Gasteiger partial charge in [-0.2, -0.15) is 0 Å². The second-order valence-corrected chi connectivity index (χ2v) is 3.77. The zero-order valence-corrected chi connectivity index (χ0v) is 9.17. The van der Waals surface area contributed by atoms with E-state index in [9.17, 15) is 18.4 Å². The standard InChI is InChI=1S/C9H16F2N2O3/c1-5(2)3-6(8(14)15)13-9(16)12-4-7(10)11/h5-7H,3-4H2,1-2H3,(H,14,15)(H2,12,13,16)/t6-/m1/s1. The minimum atomic E-state index is -2.65. The van der Waals surface area contributed by atoms with Gasteiger partial charge in [0, 0.05) is 0 Å². The summed E-state index contributed by atoms with van der Waals surface area (Å²) in [5.74, 6) is -1.10. The molecule has 0 bridgehead atoms. The number of carbonyl (C=O) groups is 2. The Bertz CT molecular complexity index is 247. The summed E-state index contributed by atoms with van der Waals surface area (Å²) in [7, 11) is 0. The molecule has 1 atom stereocenters. The molecule has 0 aliphatic carbocycles. The number of carboxylic acids is 1. The van der Waals surface area contributed by atoms with Crippen molar-refractivity contribution in [1.82, 2.24) is 10.6 Å². The van der Waals surface area contributed by atoms with E-state index >= 15 is 0 Å². The summed E-state index contributed by atoms with van der Waals surface area (Å²) in [6.45, 7) is 2.81. The Morgan fingerprint density at radius 3 is 2.25 bits per heavy atom. The first kappa shape index (κ1) is 14.6. The van der Waals surface area contributed by atoms with Crippen LogP contribution in [0.25, 0.3) is 0 Å². The molecular weight excluding hydrogens is 222 g/mol. The van der Waals surface area contributed by atoms with Crippen LogP contribution < -0.4 is 10.6 Å². The van der Waals surface area contributed by atoms with Crippen LogP contribution in [0.1, 0.15) is 20.3 Å². The third-order valence-corrected chi connectivity index (χ3v) is 1.73. The van der Waals surface area contributed by atoms with Gasteiger partial charge < -0.3 is 15.7 Å². The Morgan fingerprint density at radius 1 is 1.31 bits per heavy atom. The molecule has 94 valence electrons. The number of nitrogens with one attached hydrogen (secondary N) is 2. The van der Waals surface area contributed by atoms with E-state index in [2.05, 4.69) is 5.32 Å². The Morgan fingerprint density at radius 2 is 1.88 bits per heavy atom. The van der Waals surface area contributed by atoms with Crippen LogP contribution in [-0.2, 0) is 4.79 Å². The molecule has 0 aliphatic rings. The number of rotatable bonds is 6. The van der Waals surface area contributed by atoms with Crippen molar-refractivity contribution < 1.29 is 23.5 Å². The van der Waals surface area contributed by atoms with Crippen LogP contribution in [0.4, 0.5) is 13.6 Å². The number of carboxylic acid groups (broad SMARTS) is 1. The second-order valence-electron chi connectivity index (χ2n) is 3.77. The lowest BCUT2D eigenvalue weighted by Gasteiger charge is -2.16. The predicted molar refractivity (Wildman–Crippen MR) is 53.4 cm³/mol. The van der Waals surface area contributed by atoms with E-state index in [1.807, 2.05) is 5.32 Å². The van der Waals surface area contributed by atoms with Crippen molar-refractivity contribution in [3.05, 3.63) is 0 Å². The van der Waals surface area contributed by atoms with Gasteiger partial charge in [0.2, 0.25) is 0 Å². The first-order valence-electron chi connectivity index (χ1n) is 4.88. The summed E-state index contributed by atoms with van der Waals surface area (Å²) >= 11 is 0. The molecule has 5 nitrogen and oxygen atoms in total. The molecule has 0 aromatic rings. The quantitative estimate of drug-likeness (QED) is 0.647. The summed E-state index contributed by atoms with van der Waals surface area (Å²) in [5, 5.41) is 12.8. The van der Waals surface area contributed by atoms with E-state index in [0.29, 0.717) is 0 Å². The molecule has 3 N–H and O–H groups in total.